The van der Waals surface area contributed by atoms with Crippen molar-refractivity contribution >= 4 is 34.2 Å². The highest BCUT2D eigenvalue weighted by Crippen LogP contribution is 2.64. The van der Waals surface area contributed by atoms with Crippen LogP contribution in [-0.4, -0.2) is 168 Å². The summed E-state index contributed by atoms with van der Waals surface area (Å²) in [6, 6.07) is 6.08. The normalized spacial score (nSPS) is 36.2. The average molecular weight is 984 g/mol. The summed E-state index contributed by atoms with van der Waals surface area (Å²) in [7, 11) is 6.64. The number of pyridine rings is 1. The van der Waals surface area contributed by atoms with Gasteiger partial charge in [-0.25, -0.2) is 9.78 Å². The van der Waals surface area contributed by atoms with Gasteiger partial charge in [0, 0.05) is 36.3 Å². The Morgan fingerprint density at radius 3 is 2.42 bits per heavy atom. The second-order valence-electron chi connectivity index (χ2n) is 19.6. The van der Waals surface area contributed by atoms with Gasteiger partial charge in [0.05, 0.1) is 55.8 Å². The van der Waals surface area contributed by atoms with E-state index in [0.29, 0.717) is 34.4 Å². The topological polar surface area (TPSA) is 239 Å². The van der Waals surface area contributed by atoms with E-state index in [4.69, 9.17) is 59.0 Å². The van der Waals surface area contributed by atoms with Crippen molar-refractivity contribution in [2.24, 2.45) is 5.92 Å². The predicted octanol–water partition coefficient (Wildman–Crippen LogP) is 3.58. The standard InChI is InChI=1S/C49H62ClN3O16/c1-21(2)63-34-13-24-12-31(54)28(15-26(24)41(60-8)42(34)61-9)46(57)52-30-14-25-10-11-33(45(50)51-25)66-35-17-29-27(36(20-62-47(30)58)67-38-18-32(55)40(53(6)7)22(3)64-38)16-37-49(29,69-37)44(35)68-39-19-48(5,59)43(56)23(4)65-39/h10-13,15-16,21-23,29-30,32,35-40,43-44,54-56,59H,14,17-20H2,1-9H3,(H,52,57)/t22-,23?,29?,30?,32-,35+,36?,37-,38-,39-,40+,43?,44-,48+,49?/m0/s1. The zero-order valence-electron chi connectivity index (χ0n) is 40.0. The molecule has 3 saturated heterocycles. The molecule has 20 heteroatoms. The van der Waals surface area contributed by atoms with Gasteiger partial charge in [-0.15, -0.1) is 0 Å². The molecular formula is C49H62ClN3O16. The molecule has 5 aliphatic heterocycles. The monoisotopic (exact) mass is 983 g/mol. The lowest BCUT2D eigenvalue weighted by atomic mass is 9.88. The molecule has 2 aliphatic carbocycles. The number of methoxy groups -OCH3 is 2. The number of aromatic nitrogens is 1. The largest absolute Gasteiger partial charge is 0.507 e. The molecule has 1 spiro atoms. The summed E-state index contributed by atoms with van der Waals surface area (Å²) in [5.74, 6) is -1.31. The van der Waals surface area contributed by atoms with Crippen molar-refractivity contribution in [3.63, 3.8) is 0 Å². The Kier molecular flexibility index (Phi) is 13.5. The quantitative estimate of drug-likeness (QED) is 0.0799. The summed E-state index contributed by atoms with van der Waals surface area (Å²) in [6.07, 6.45) is -5.96. The van der Waals surface area contributed by atoms with Gasteiger partial charge in [-0.3, -0.25) is 4.79 Å². The van der Waals surface area contributed by atoms with Crippen molar-refractivity contribution in [2.45, 2.75) is 151 Å². The molecule has 7 aliphatic rings. The minimum Gasteiger partial charge on any atom is -0.507 e. The minimum atomic E-state index is -1.51. The number of hydrogen-bond donors (Lipinski definition) is 5. The molecule has 2 aromatic carbocycles. The maximum atomic E-state index is 14.5. The van der Waals surface area contributed by atoms with Gasteiger partial charge in [0.1, 0.15) is 54.5 Å². The van der Waals surface area contributed by atoms with E-state index in [-0.39, 0.29) is 66.0 Å². The number of halogens is 1. The number of nitrogens with one attached hydrogen (secondary N) is 1. The number of aliphatic hydroxyl groups is 3. The van der Waals surface area contributed by atoms with Crippen LogP contribution in [0.3, 0.4) is 0 Å². The van der Waals surface area contributed by atoms with Crippen LogP contribution >= 0.6 is 11.6 Å². The smallest absolute Gasteiger partial charge is 0.329 e. The van der Waals surface area contributed by atoms with Crippen LogP contribution in [0, 0.1) is 5.92 Å². The Morgan fingerprint density at radius 1 is 1.01 bits per heavy atom. The molecular weight excluding hydrogens is 922 g/mol. The zero-order valence-corrected chi connectivity index (χ0v) is 40.8. The van der Waals surface area contributed by atoms with Crippen molar-refractivity contribution in [3.05, 3.63) is 58.4 Å². The molecule has 5 N–H and O–H groups in total. The number of carbonyl (C=O) groups excluding carboxylic acids is 2. The third kappa shape index (κ3) is 9.20. The number of epoxide rings is 1. The van der Waals surface area contributed by atoms with Crippen molar-refractivity contribution in [3.8, 4) is 28.7 Å². The number of likely N-dealkylation sites (N-methyl/N-ethyl adjacent to an activating group) is 1. The number of amides is 1. The molecule has 1 amide bonds. The number of esters is 1. The van der Waals surface area contributed by atoms with Crippen LogP contribution in [0.15, 0.2) is 42.0 Å². The molecule has 19 nitrogen and oxygen atoms in total. The number of fused-ring (bicyclic) bond motifs is 8. The van der Waals surface area contributed by atoms with Gasteiger partial charge in [0.2, 0.25) is 5.75 Å². The number of hydrogen-bond acceptors (Lipinski definition) is 18. The van der Waals surface area contributed by atoms with Crippen molar-refractivity contribution < 1.29 is 77.4 Å². The SMILES string of the molecule is COc1c(OC(C)C)cc2cc(O)c(C(=O)NC3Cc4ccc(c(Cl)n4)O[C@@H]4CC5C(=C[C@@H]6OC56[C@H]4O[C@H]4C[C@@](C)(O)C(O)C(C)O4)C(O[C@H]4C[C@H](O)[C@H](N(C)C)[C@H](C)O4)COC3=O)cc2c1OC. The number of aliphatic hydroxyl groups excluding tert-OH is 2. The van der Waals surface area contributed by atoms with Crippen LogP contribution in [0.25, 0.3) is 10.8 Å². The van der Waals surface area contributed by atoms with E-state index in [0.717, 1.165) is 5.57 Å². The second-order valence-corrected chi connectivity index (χ2v) is 20.0. The van der Waals surface area contributed by atoms with E-state index >= 15 is 0 Å². The average Bonchev–Trinajstić information content (AvgIpc) is 3.79. The van der Waals surface area contributed by atoms with Gasteiger partial charge in [-0.05, 0) is 96.4 Å². The molecule has 376 valence electrons. The Bertz CT molecular complexity index is 2480. The Hall–Kier alpha value is -4.54. The Balaban J connectivity index is 1.05. The first kappa shape index (κ1) is 49.4. The van der Waals surface area contributed by atoms with E-state index in [1.807, 2.05) is 45.8 Å². The lowest BCUT2D eigenvalue weighted by Crippen LogP contribution is -2.56. The molecule has 10 rings (SSSR count). The highest BCUT2D eigenvalue weighted by molar-refractivity contribution is 6.30. The third-order valence-corrected chi connectivity index (χ3v) is 14.5. The van der Waals surface area contributed by atoms with E-state index < -0.39 is 96.5 Å². The molecule has 1 saturated carbocycles. The number of aromatic hydroxyl groups is 1. The van der Waals surface area contributed by atoms with Gasteiger partial charge < -0.3 is 78.0 Å². The third-order valence-electron chi connectivity index (χ3n) is 14.2. The van der Waals surface area contributed by atoms with E-state index in [9.17, 15) is 30.0 Å². The molecule has 15 atom stereocenters. The van der Waals surface area contributed by atoms with Crippen molar-refractivity contribution in [2.75, 3.05) is 34.9 Å². The fourth-order valence-corrected chi connectivity index (χ4v) is 11.3. The van der Waals surface area contributed by atoms with Crippen LogP contribution in [-0.2, 0) is 39.6 Å². The summed E-state index contributed by atoms with van der Waals surface area (Å²) in [5.41, 5.74) is -1.64. The minimum absolute atomic E-state index is 0.0276. The number of benzene rings is 2. The van der Waals surface area contributed by atoms with Crippen LogP contribution in [0.2, 0.25) is 5.15 Å². The first-order chi connectivity index (χ1) is 32.7. The van der Waals surface area contributed by atoms with Gasteiger partial charge in [-0.1, -0.05) is 17.7 Å². The summed E-state index contributed by atoms with van der Waals surface area (Å²) < 4.78 is 62.5. The highest BCUT2D eigenvalue weighted by Gasteiger charge is 2.77. The summed E-state index contributed by atoms with van der Waals surface area (Å²) in [5, 5.41) is 48.1. The second kappa shape index (κ2) is 18.9. The summed E-state index contributed by atoms with van der Waals surface area (Å²) in [6.45, 7) is 8.43. The molecule has 6 unspecified atom stereocenters. The number of phenolic OH excluding ortho intramolecular Hbond substituents is 1. The number of phenols is 1. The lowest BCUT2D eigenvalue weighted by Gasteiger charge is -2.43. The van der Waals surface area contributed by atoms with E-state index in [1.165, 1.54) is 33.3 Å². The Labute approximate surface area is 404 Å². The molecule has 3 aromatic rings. The lowest BCUT2D eigenvalue weighted by molar-refractivity contribution is -0.291. The van der Waals surface area contributed by atoms with Crippen molar-refractivity contribution in [1.29, 1.82) is 0 Å². The van der Waals surface area contributed by atoms with Gasteiger partial charge in [0.15, 0.2) is 35.0 Å². The predicted molar refractivity (Wildman–Crippen MR) is 246 cm³/mol. The number of ether oxygens (including phenoxy) is 10. The number of nitrogens with zero attached hydrogens (tertiary/aromatic N) is 2. The molecule has 1 aromatic heterocycles. The van der Waals surface area contributed by atoms with Crippen LogP contribution in [0.5, 0.6) is 28.7 Å². The maximum absolute atomic E-state index is 14.5. The highest BCUT2D eigenvalue weighted by atomic mass is 35.5. The summed E-state index contributed by atoms with van der Waals surface area (Å²) >= 11 is 6.85. The first-order valence-electron chi connectivity index (χ1n) is 23.4. The van der Waals surface area contributed by atoms with Crippen LogP contribution in [0.1, 0.15) is 69.9 Å². The molecule has 0 radical (unpaired) electrons. The summed E-state index contributed by atoms with van der Waals surface area (Å²) in [4.78, 5) is 35.3. The van der Waals surface area contributed by atoms with Gasteiger partial charge in [-0.2, -0.15) is 0 Å². The number of rotatable bonds is 11. The maximum Gasteiger partial charge on any atom is 0.329 e. The van der Waals surface area contributed by atoms with E-state index in [1.54, 1.807) is 25.1 Å². The Morgan fingerprint density at radius 2 is 1.75 bits per heavy atom. The van der Waals surface area contributed by atoms with E-state index in [2.05, 4.69) is 10.3 Å². The molecule has 4 bridgehead atoms. The van der Waals surface area contributed by atoms with Crippen LogP contribution < -0.4 is 24.3 Å². The zero-order chi connectivity index (χ0) is 49.4. The molecule has 69 heavy (non-hydrogen) atoms. The number of carbonyl (C=O) groups is 2. The van der Waals surface area contributed by atoms with Gasteiger partial charge in [0.25, 0.3) is 5.91 Å². The molecule has 4 fully saturated rings. The van der Waals surface area contributed by atoms with Crippen molar-refractivity contribution in [1.82, 2.24) is 15.2 Å². The fraction of sp³-hybridized carbons (Fsp3) is 0.612. The van der Waals surface area contributed by atoms with Gasteiger partial charge >= 0.3 is 5.97 Å². The first-order valence-corrected chi connectivity index (χ1v) is 23.7. The van der Waals surface area contributed by atoms with Crippen LogP contribution in [0.4, 0.5) is 0 Å². The fourth-order valence-electron chi connectivity index (χ4n) is 11.1. The molecule has 6 heterocycles.